The van der Waals surface area contributed by atoms with Gasteiger partial charge >= 0.3 is 0 Å². The summed E-state index contributed by atoms with van der Waals surface area (Å²) in [6.45, 7) is 8.93. The minimum absolute atomic E-state index is 0.207. The highest BCUT2D eigenvalue weighted by molar-refractivity contribution is 6.33. The third-order valence-electron chi connectivity index (χ3n) is 6.86. The first kappa shape index (κ1) is 22.6. The number of rotatable bonds is 8. The molecule has 0 saturated carbocycles. The minimum Gasteiger partial charge on any atom is -0.398 e. The highest BCUT2D eigenvalue weighted by Gasteiger charge is 2.35. The second kappa shape index (κ2) is 9.08. The molecule has 0 aromatic heterocycles. The van der Waals surface area contributed by atoms with E-state index >= 15 is 0 Å². The lowest BCUT2D eigenvalue weighted by Gasteiger charge is -2.37. The summed E-state index contributed by atoms with van der Waals surface area (Å²) in [7, 11) is 0. The second-order valence-corrected chi connectivity index (χ2v) is 8.65. The van der Waals surface area contributed by atoms with Crippen molar-refractivity contribution in [1.29, 1.82) is 0 Å². The molecule has 0 fully saturated rings. The molecule has 0 bridgehead atoms. The van der Waals surface area contributed by atoms with Crippen LogP contribution in [0.4, 0.5) is 17.1 Å². The molecule has 6 nitrogen and oxygen atoms in total. The van der Waals surface area contributed by atoms with Gasteiger partial charge in [0.05, 0.1) is 42.9 Å². The summed E-state index contributed by atoms with van der Waals surface area (Å²) in [6.07, 6.45) is 0. The number of carbonyl (C=O) groups is 2. The number of carbonyl (C=O) groups excluding carboxylic acids is 2. The Balaban J connectivity index is 1.59. The Morgan fingerprint density at radius 1 is 0.758 bits per heavy atom. The minimum atomic E-state index is -0.261. The van der Waals surface area contributed by atoms with E-state index in [-0.39, 0.29) is 34.1 Å². The molecule has 0 aliphatic heterocycles. The molecule has 170 valence electrons. The lowest BCUT2D eigenvalue weighted by atomic mass is 9.81. The van der Waals surface area contributed by atoms with Crippen molar-refractivity contribution in [2.24, 2.45) is 0 Å². The van der Waals surface area contributed by atoms with E-state index in [1.165, 1.54) is 5.56 Å². The number of quaternary nitrogens is 1. The van der Waals surface area contributed by atoms with Crippen LogP contribution in [-0.4, -0.2) is 42.2 Å². The van der Waals surface area contributed by atoms with Gasteiger partial charge in [0.2, 0.25) is 0 Å². The Hall–Kier alpha value is -3.64. The monoisotopic (exact) mass is 443 g/mol. The molecule has 33 heavy (non-hydrogen) atoms. The predicted octanol–water partition coefficient (Wildman–Crippen LogP) is 4.10. The van der Waals surface area contributed by atoms with E-state index in [9.17, 15) is 9.59 Å². The number of fused-ring (bicyclic) bond motifs is 2. The summed E-state index contributed by atoms with van der Waals surface area (Å²) < 4.78 is 0.922. The molecule has 0 radical (unpaired) electrons. The van der Waals surface area contributed by atoms with Gasteiger partial charge in [-0.15, -0.1) is 0 Å². The van der Waals surface area contributed by atoms with Crippen LogP contribution < -0.4 is 16.8 Å². The van der Waals surface area contributed by atoms with Crippen LogP contribution in [0.15, 0.2) is 60.7 Å². The number of nitrogens with two attached hydrogens (primary N) is 2. The zero-order valence-electron chi connectivity index (χ0n) is 19.2. The predicted molar refractivity (Wildman–Crippen MR) is 133 cm³/mol. The molecule has 0 heterocycles. The van der Waals surface area contributed by atoms with Gasteiger partial charge in [-0.2, -0.15) is 0 Å². The van der Waals surface area contributed by atoms with Crippen LogP contribution >= 0.6 is 0 Å². The molecule has 1 aliphatic carbocycles. The van der Waals surface area contributed by atoms with Gasteiger partial charge in [-0.3, -0.25) is 9.59 Å². The van der Waals surface area contributed by atoms with Crippen molar-refractivity contribution in [2.75, 3.05) is 43.0 Å². The van der Waals surface area contributed by atoms with E-state index in [1.54, 1.807) is 24.3 Å². The third kappa shape index (κ3) is 4.10. The van der Waals surface area contributed by atoms with Crippen molar-refractivity contribution in [2.45, 2.75) is 20.4 Å². The van der Waals surface area contributed by atoms with Crippen molar-refractivity contribution in [1.82, 2.24) is 0 Å². The molecule has 0 spiro atoms. The fourth-order valence-electron chi connectivity index (χ4n) is 4.76. The first-order valence-corrected chi connectivity index (χ1v) is 11.4. The Bertz CT molecular complexity index is 1200. The SMILES string of the molecule is CC[N+](CC)(CCNc1cccc2c1C(=O)c1c(N)ccc(N)c1C2=O)Cc1ccccc1. The van der Waals surface area contributed by atoms with Crippen molar-refractivity contribution >= 4 is 28.6 Å². The summed E-state index contributed by atoms with van der Waals surface area (Å²) in [5, 5.41) is 3.44. The molecule has 0 saturated heterocycles. The zero-order chi connectivity index (χ0) is 23.6. The van der Waals surface area contributed by atoms with Gasteiger partial charge < -0.3 is 21.3 Å². The second-order valence-electron chi connectivity index (χ2n) is 8.65. The first-order chi connectivity index (χ1) is 15.9. The van der Waals surface area contributed by atoms with Gasteiger partial charge in [0.25, 0.3) is 0 Å². The summed E-state index contributed by atoms with van der Waals surface area (Å²) in [6, 6.07) is 19.0. The number of anilines is 3. The van der Waals surface area contributed by atoms with E-state index < -0.39 is 0 Å². The molecule has 1 aliphatic rings. The van der Waals surface area contributed by atoms with E-state index in [1.807, 2.05) is 12.1 Å². The highest BCUT2D eigenvalue weighted by Crippen LogP contribution is 2.37. The number of ketones is 2. The van der Waals surface area contributed by atoms with Crippen LogP contribution in [0.2, 0.25) is 0 Å². The Morgan fingerprint density at radius 3 is 2.03 bits per heavy atom. The van der Waals surface area contributed by atoms with Gasteiger partial charge in [-0.1, -0.05) is 42.5 Å². The molecule has 0 unspecified atom stereocenters. The smallest absolute Gasteiger partial charge is 0.198 e. The first-order valence-electron chi connectivity index (χ1n) is 11.4. The van der Waals surface area contributed by atoms with Gasteiger partial charge in [0, 0.05) is 28.2 Å². The van der Waals surface area contributed by atoms with Gasteiger partial charge in [-0.25, -0.2) is 0 Å². The number of nitrogen functional groups attached to an aromatic ring is 2. The van der Waals surface area contributed by atoms with Crippen molar-refractivity contribution in [3.63, 3.8) is 0 Å². The maximum Gasteiger partial charge on any atom is 0.198 e. The average Bonchev–Trinajstić information content (AvgIpc) is 2.83. The van der Waals surface area contributed by atoms with E-state index in [0.717, 1.165) is 30.7 Å². The topological polar surface area (TPSA) is 98.2 Å². The average molecular weight is 444 g/mol. The zero-order valence-corrected chi connectivity index (χ0v) is 19.2. The van der Waals surface area contributed by atoms with Crippen molar-refractivity contribution < 1.29 is 14.1 Å². The number of hydrogen-bond donors (Lipinski definition) is 3. The van der Waals surface area contributed by atoms with Crippen LogP contribution in [0.25, 0.3) is 0 Å². The quantitative estimate of drug-likeness (QED) is 0.281. The Kier molecular flexibility index (Phi) is 6.20. The lowest BCUT2D eigenvalue weighted by Crippen LogP contribution is -2.49. The summed E-state index contributed by atoms with van der Waals surface area (Å²) >= 11 is 0. The molecule has 3 aromatic rings. The molecule has 4 rings (SSSR count). The fourth-order valence-corrected chi connectivity index (χ4v) is 4.76. The number of benzene rings is 3. The normalized spacial score (nSPS) is 12.9. The molecule has 0 atom stereocenters. The fraction of sp³-hybridized carbons (Fsp3) is 0.259. The largest absolute Gasteiger partial charge is 0.398 e. The molecule has 5 N–H and O–H groups in total. The number of nitrogens with one attached hydrogen (secondary N) is 1. The third-order valence-corrected chi connectivity index (χ3v) is 6.86. The lowest BCUT2D eigenvalue weighted by molar-refractivity contribution is -0.936. The van der Waals surface area contributed by atoms with Gasteiger partial charge in [0.15, 0.2) is 11.6 Å². The molecular weight excluding hydrogens is 412 g/mol. The summed E-state index contributed by atoms with van der Waals surface area (Å²) in [5.41, 5.74) is 15.8. The molecular formula is C27H31N4O2+. The van der Waals surface area contributed by atoms with Crippen LogP contribution in [0.1, 0.15) is 51.3 Å². The van der Waals surface area contributed by atoms with E-state index in [2.05, 4.69) is 43.4 Å². The maximum atomic E-state index is 13.4. The summed E-state index contributed by atoms with van der Waals surface area (Å²) in [4.78, 5) is 26.6. The standard InChI is InChI=1S/C27H30N4O2/c1-3-31(4-2,17-18-9-6-5-7-10-18)16-15-30-22-12-8-11-19-23(22)27(33)25-21(29)14-13-20(28)24(25)26(19)32/h5-14H,3-4,15-17H2,1-2H3,(H4-,28,29,30,32,33)/p+1. The highest BCUT2D eigenvalue weighted by atomic mass is 16.1. The van der Waals surface area contributed by atoms with Crippen LogP contribution in [0, 0.1) is 0 Å². The Labute approximate surface area is 194 Å². The van der Waals surface area contributed by atoms with E-state index in [4.69, 9.17) is 11.5 Å². The maximum absolute atomic E-state index is 13.4. The molecule has 3 aromatic carbocycles. The Morgan fingerprint density at radius 2 is 1.39 bits per heavy atom. The van der Waals surface area contributed by atoms with Gasteiger partial charge in [0.1, 0.15) is 6.54 Å². The number of likely N-dealkylation sites (N-methyl/N-ethyl adjacent to an activating group) is 1. The molecule has 0 amide bonds. The number of nitrogens with zero attached hydrogens (tertiary/aromatic N) is 1. The summed E-state index contributed by atoms with van der Waals surface area (Å²) in [5.74, 6) is -0.520. The molecule has 6 heteroatoms. The van der Waals surface area contributed by atoms with Crippen molar-refractivity contribution in [3.05, 3.63) is 88.5 Å². The van der Waals surface area contributed by atoms with Crippen LogP contribution in [-0.2, 0) is 6.54 Å². The van der Waals surface area contributed by atoms with Gasteiger partial charge in [-0.05, 0) is 32.0 Å². The van der Waals surface area contributed by atoms with Crippen LogP contribution in [0.5, 0.6) is 0 Å². The van der Waals surface area contributed by atoms with E-state index in [0.29, 0.717) is 23.4 Å². The number of hydrogen-bond acceptors (Lipinski definition) is 5. The van der Waals surface area contributed by atoms with Crippen molar-refractivity contribution in [3.8, 4) is 0 Å². The van der Waals surface area contributed by atoms with Crippen LogP contribution in [0.3, 0.4) is 0 Å².